The van der Waals surface area contributed by atoms with Gasteiger partial charge in [0, 0.05) is 32.4 Å². The minimum atomic E-state index is -0.312. The Morgan fingerprint density at radius 3 is 2.52 bits per heavy atom. The maximum atomic E-state index is 14.2. The van der Waals surface area contributed by atoms with Crippen molar-refractivity contribution >= 4 is 11.4 Å². The SMILES string of the molecule is CN1CCN(c2c(F)cccc2NC=C(C#N)C#N)CC1. The Balaban J connectivity index is 2.27. The number of nitriles is 2. The number of nitrogens with zero attached hydrogens (tertiary/aromatic N) is 4. The van der Waals surface area contributed by atoms with E-state index in [2.05, 4.69) is 10.2 Å². The second-order valence-electron chi connectivity index (χ2n) is 4.85. The second-order valence-corrected chi connectivity index (χ2v) is 4.85. The number of benzene rings is 1. The third kappa shape index (κ3) is 3.50. The summed E-state index contributed by atoms with van der Waals surface area (Å²) in [6.07, 6.45) is 1.30. The highest BCUT2D eigenvalue weighted by Crippen LogP contribution is 2.30. The van der Waals surface area contributed by atoms with Crippen LogP contribution in [0, 0.1) is 28.5 Å². The van der Waals surface area contributed by atoms with Gasteiger partial charge in [-0.3, -0.25) is 0 Å². The van der Waals surface area contributed by atoms with Crippen molar-refractivity contribution in [2.75, 3.05) is 43.4 Å². The van der Waals surface area contributed by atoms with E-state index in [1.54, 1.807) is 24.3 Å². The fraction of sp³-hybridized carbons (Fsp3) is 0.333. The molecule has 1 aromatic carbocycles. The predicted octanol–water partition coefficient (Wildman–Crippen LogP) is 1.92. The van der Waals surface area contributed by atoms with Crippen molar-refractivity contribution in [2.24, 2.45) is 0 Å². The number of hydrogen-bond donors (Lipinski definition) is 1. The lowest BCUT2D eigenvalue weighted by Gasteiger charge is -2.35. The maximum absolute atomic E-state index is 14.2. The zero-order valence-electron chi connectivity index (χ0n) is 11.8. The van der Waals surface area contributed by atoms with Crippen LogP contribution in [0.5, 0.6) is 0 Å². The molecule has 1 aliphatic heterocycles. The molecule has 0 amide bonds. The van der Waals surface area contributed by atoms with E-state index in [1.807, 2.05) is 11.9 Å². The van der Waals surface area contributed by atoms with Gasteiger partial charge in [0.25, 0.3) is 0 Å². The number of rotatable bonds is 3. The highest BCUT2D eigenvalue weighted by atomic mass is 19.1. The Morgan fingerprint density at radius 2 is 1.90 bits per heavy atom. The van der Waals surface area contributed by atoms with Gasteiger partial charge in [-0.15, -0.1) is 0 Å². The Bertz CT molecular complexity index is 602. The van der Waals surface area contributed by atoms with Crippen LogP contribution in [0.25, 0.3) is 0 Å². The smallest absolute Gasteiger partial charge is 0.148 e. The number of nitrogens with one attached hydrogen (secondary N) is 1. The van der Waals surface area contributed by atoms with Crippen molar-refractivity contribution in [3.05, 3.63) is 35.8 Å². The van der Waals surface area contributed by atoms with Crippen LogP contribution in [-0.2, 0) is 0 Å². The van der Waals surface area contributed by atoms with Crippen molar-refractivity contribution in [1.29, 1.82) is 10.5 Å². The second kappa shape index (κ2) is 6.74. The van der Waals surface area contributed by atoms with Crippen LogP contribution in [0.4, 0.5) is 15.8 Å². The summed E-state index contributed by atoms with van der Waals surface area (Å²) in [7, 11) is 2.03. The zero-order chi connectivity index (χ0) is 15.2. The summed E-state index contributed by atoms with van der Waals surface area (Å²) in [6.45, 7) is 3.20. The van der Waals surface area contributed by atoms with Crippen molar-refractivity contribution in [3.63, 3.8) is 0 Å². The summed E-state index contributed by atoms with van der Waals surface area (Å²) in [6, 6.07) is 8.28. The average molecular weight is 285 g/mol. The van der Waals surface area contributed by atoms with Gasteiger partial charge in [-0.25, -0.2) is 4.39 Å². The molecule has 5 nitrogen and oxygen atoms in total. The first-order valence-electron chi connectivity index (χ1n) is 6.64. The Kier molecular flexibility index (Phi) is 4.76. The largest absolute Gasteiger partial charge is 0.365 e. The first-order valence-corrected chi connectivity index (χ1v) is 6.64. The lowest BCUT2D eigenvalue weighted by molar-refractivity contribution is 0.312. The third-order valence-corrected chi connectivity index (χ3v) is 3.42. The van der Waals surface area contributed by atoms with Crippen molar-refractivity contribution in [3.8, 4) is 12.1 Å². The zero-order valence-corrected chi connectivity index (χ0v) is 11.8. The minimum Gasteiger partial charge on any atom is -0.365 e. The van der Waals surface area contributed by atoms with Crippen molar-refractivity contribution in [2.45, 2.75) is 0 Å². The molecule has 2 rings (SSSR count). The summed E-state index contributed by atoms with van der Waals surface area (Å²) < 4.78 is 14.2. The van der Waals surface area contributed by atoms with Gasteiger partial charge in [-0.05, 0) is 19.2 Å². The van der Waals surface area contributed by atoms with E-state index in [9.17, 15) is 4.39 Å². The number of anilines is 2. The summed E-state index contributed by atoms with van der Waals surface area (Å²) in [5.74, 6) is -0.312. The quantitative estimate of drug-likeness (QED) is 0.859. The molecule has 0 spiro atoms. The Hall–Kier alpha value is -2.57. The molecule has 108 valence electrons. The fourth-order valence-electron chi connectivity index (χ4n) is 2.22. The van der Waals surface area contributed by atoms with Gasteiger partial charge < -0.3 is 15.1 Å². The monoisotopic (exact) mass is 285 g/mol. The summed E-state index contributed by atoms with van der Waals surface area (Å²) >= 11 is 0. The van der Waals surface area contributed by atoms with Crippen LogP contribution < -0.4 is 10.2 Å². The number of halogens is 1. The molecular weight excluding hydrogens is 269 g/mol. The van der Waals surface area contributed by atoms with E-state index in [0.29, 0.717) is 11.4 Å². The molecular formula is C15H16FN5. The third-order valence-electron chi connectivity index (χ3n) is 3.42. The van der Waals surface area contributed by atoms with Gasteiger partial charge in [0.05, 0.1) is 11.4 Å². The van der Waals surface area contributed by atoms with Crippen LogP contribution in [0.3, 0.4) is 0 Å². The van der Waals surface area contributed by atoms with E-state index in [4.69, 9.17) is 10.5 Å². The van der Waals surface area contributed by atoms with Gasteiger partial charge in [0.2, 0.25) is 0 Å². The van der Waals surface area contributed by atoms with Crippen LogP contribution in [0.2, 0.25) is 0 Å². The number of para-hydroxylation sites is 1. The molecule has 0 unspecified atom stereocenters. The molecule has 0 atom stereocenters. The molecule has 1 heterocycles. The number of likely N-dealkylation sites (N-methyl/N-ethyl adjacent to an activating group) is 1. The fourth-order valence-corrected chi connectivity index (χ4v) is 2.22. The molecule has 0 aliphatic carbocycles. The molecule has 0 bridgehead atoms. The molecule has 1 aromatic rings. The number of allylic oxidation sites excluding steroid dienone is 1. The van der Waals surface area contributed by atoms with Gasteiger partial charge in [0.1, 0.15) is 23.5 Å². The molecule has 21 heavy (non-hydrogen) atoms. The summed E-state index contributed by atoms with van der Waals surface area (Å²) in [5.41, 5.74) is 0.989. The van der Waals surface area contributed by atoms with Gasteiger partial charge in [-0.1, -0.05) is 6.07 Å². The first kappa shape index (κ1) is 14.8. The van der Waals surface area contributed by atoms with E-state index in [-0.39, 0.29) is 11.4 Å². The molecule has 0 aromatic heterocycles. The predicted molar refractivity (Wildman–Crippen MR) is 79.0 cm³/mol. The highest BCUT2D eigenvalue weighted by Gasteiger charge is 2.20. The van der Waals surface area contributed by atoms with E-state index >= 15 is 0 Å². The van der Waals surface area contributed by atoms with Gasteiger partial charge in [0.15, 0.2) is 0 Å². The minimum absolute atomic E-state index is 0.0522. The van der Waals surface area contributed by atoms with Crippen LogP contribution in [0.15, 0.2) is 30.0 Å². The van der Waals surface area contributed by atoms with E-state index in [0.717, 1.165) is 26.2 Å². The summed E-state index contributed by atoms with van der Waals surface area (Å²) in [5, 5.41) is 20.3. The maximum Gasteiger partial charge on any atom is 0.148 e. The number of hydrogen-bond acceptors (Lipinski definition) is 5. The summed E-state index contributed by atoms with van der Waals surface area (Å²) in [4.78, 5) is 4.16. The van der Waals surface area contributed by atoms with Crippen LogP contribution >= 0.6 is 0 Å². The normalized spacial score (nSPS) is 15.0. The Morgan fingerprint density at radius 1 is 1.24 bits per heavy atom. The highest BCUT2D eigenvalue weighted by molar-refractivity contribution is 5.72. The molecule has 1 N–H and O–H groups in total. The lowest BCUT2D eigenvalue weighted by Crippen LogP contribution is -2.45. The molecule has 6 heteroatoms. The van der Waals surface area contributed by atoms with Crippen LogP contribution in [-0.4, -0.2) is 38.1 Å². The standard InChI is InChI=1S/C15H16FN5/c1-20-5-7-21(8-6-20)15-13(16)3-2-4-14(15)19-11-12(9-17)10-18/h2-4,11,19H,5-8H2,1H3. The van der Waals surface area contributed by atoms with Crippen LogP contribution in [0.1, 0.15) is 0 Å². The number of piperazine rings is 1. The van der Waals surface area contributed by atoms with Gasteiger partial charge in [-0.2, -0.15) is 10.5 Å². The molecule has 1 saturated heterocycles. The molecule has 0 radical (unpaired) electrons. The topological polar surface area (TPSA) is 66.1 Å². The van der Waals surface area contributed by atoms with Crippen molar-refractivity contribution in [1.82, 2.24) is 4.90 Å². The van der Waals surface area contributed by atoms with Crippen molar-refractivity contribution < 1.29 is 4.39 Å². The molecule has 1 fully saturated rings. The van der Waals surface area contributed by atoms with Gasteiger partial charge >= 0.3 is 0 Å². The van der Waals surface area contributed by atoms with E-state index < -0.39 is 0 Å². The first-order chi connectivity index (χ1) is 10.2. The average Bonchev–Trinajstić information content (AvgIpc) is 2.50. The Labute approximate surface area is 123 Å². The molecule has 0 saturated carbocycles. The lowest BCUT2D eigenvalue weighted by atomic mass is 10.2. The molecule has 1 aliphatic rings. The van der Waals surface area contributed by atoms with E-state index in [1.165, 1.54) is 12.3 Å².